The maximum Gasteiger partial charge on any atom is 0.295 e. The monoisotopic (exact) mass is 436 g/mol. The molecule has 3 rings (SSSR count). The summed E-state index contributed by atoms with van der Waals surface area (Å²) in [5.41, 5.74) is 2.51. The molecule has 1 aliphatic rings. The first-order valence-corrected chi connectivity index (χ1v) is 11.1. The lowest BCUT2D eigenvalue weighted by molar-refractivity contribution is -0.139. The number of aliphatic hydroxyl groups is 1. The average Bonchev–Trinajstić information content (AvgIpc) is 3.03. The minimum absolute atomic E-state index is 0.130. The number of carbonyl (C=O) groups is 2. The zero-order valence-corrected chi connectivity index (χ0v) is 19.3. The average molecular weight is 437 g/mol. The van der Waals surface area contributed by atoms with Crippen LogP contribution in [0.2, 0.25) is 0 Å². The van der Waals surface area contributed by atoms with Crippen LogP contribution in [-0.4, -0.2) is 60.4 Å². The van der Waals surface area contributed by atoms with Crippen molar-refractivity contribution >= 4 is 17.4 Å². The molecular weight excluding hydrogens is 404 g/mol. The van der Waals surface area contributed by atoms with Gasteiger partial charge < -0.3 is 19.6 Å². The number of carbonyl (C=O) groups excluding carboxylic acids is 2. The Balaban J connectivity index is 2.01. The van der Waals surface area contributed by atoms with Gasteiger partial charge in [-0.25, -0.2) is 0 Å². The highest BCUT2D eigenvalue weighted by Crippen LogP contribution is 2.39. The first-order valence-electron chi connectivity index (χ1n) is 11.1. The maximum atomic E-state index is 13.0. The number of nitrogens with zero attached hydrogens (tertiary/aromatic N) is 2. The standard InChI is InChI=1S/C26H32N2O4/c1-5-17-32-21-13-11-20(12-14-21)24(29)22-23(19-9-7-18(2)8-10-19)28(26(31)25(22)30)16-6-15-27(3)4/h7-14,23,29H,5-6,15-17H2,1-4H3/t23-/m0/s1. The summed E-state index contributed by atoms with van der Waals surface area (Å²) in [5.74, 6) is -0.684. The van der Waals surface area contributed by atoms with Gasteiger partial charge in [0.05, 0.1) is 18.2 Å². The lowest BCUT2D eigenvalue weighted by Gasteiger charge is -2.26. The van der Waals surface area contributed by atoms with Crippen molar-refractivity contribution in [2.45, 2.75) is 32.7 Å². The van der Waals surface area contributed by atoms with Crippen LogP contribution in [0.4, 0.5) is 0 Å². The van der Waals surface area contributed by atoms with E-state index in [0.717, 1.165) is 30.5 Å². The molecule has 1 aliphatic heterocycles. The molecule has 1 amide bonds. The first-order chi connectivity index (χ1) is 15.3. The molecule has 2 aromatic rings. The number of amides is 1. The van der Waals surface area contributed by atoms with E-state index in [9.17, 15) is 14.7 Å². The van der Waals surface area contributed by atoms with E-state index >= 15 is 0 Å². The number of aliphatic hydroxyl groups excluding tert-OH is 1. The highest BCUT2D eigenvalue weighted by molar-refractivity contribution is 6.46. The minimum Gasteiger partial charge on any atom is -0.507 e. The van der Waals surface area contributed by atoms with Gasteiger partial charge in [-0.2, -0.15) is 0 Å². The van der Waals surface area contributed by atoms with E-state index in [1.165, 1.54) is 0 Å². The predicted octanol–water partition coefficient (Wildman–Crippen LogP) is 4.16. The normalized spacial score (nSPS) is 17.9. The summed E-state index contributed by atoms with van der Waals surface area (Å²) in [5, 5.41) is 11.1. The predicted molar refractivity (Wildman–Crippen MR) is 126 cm³/mol. The van der Waals surface area contributed by atoms with Crippen LogP contribution in [-0.2, 0) is 9.59 Å². The summed E-state index contributed by atoms with van der Waals surface area (Å²) < 4.78 is 5.60. The first kappa shape index (κ1) is 23.5. The maximum absolute atomic E-state index is 13.0. The van der Waals surface area contributed by atoms with E-state index in [-0.39, 0.29) is 11.3 Å². The van der Waals surface area contributed by atoms with Crippen molar-refractivity contribution in [3.8, 4) is 5.75 Å². The summed E-state index contributed by atoms with van der Waals surface area (Å²) in [6.07, 6.45) is 1.63. The van der Waals surface area contributed by atoms with Gasteiger partial charge in [-0.15, -0.1) is 0 Å². The Hall–Kier alpha value is -3.12. The fourth-order valence-corrected chi connectivity index (χ4v) is 3.85. The van der Waals surface area contributed by atoms with Crippen LogP contribution in [0.25, 0.3) is 5.76 Å². The molecule has 6 nitrogen and oxygen atoms in total. The Morgan fingerprint density at radius 2 is 1.72 bits per heavy atom. The molecule has 0 saturated carbocycles. The molecule has 32 heavy (non-hydrogen) atoms. The van der Waals surface area contributed by atoms with Gasteiger partial charge in [0, 0.05) is 12.1 Å². The van der Waals surface area contributed by atoms with Crippen molar-refractivity contribution in [2.75, 3.05) is 33.8 Å². The van der Waals surface area contributed by atoms with Crippen molar-refractivity contribution < 1.29 is 19.4 Å². The van der Waals surface area contributed by atoms with E-state index in [0.29, 0.717) is 24.5 Å². The zero-order valence-electron chi connectivity index (χ0n) is 19.3. The minimum atomic E-state index is -0.649. The largest absolute Gasteiger partial charge is 0.507 e. The van der Waals surface area contributed by atoms with E-state index in [4.69, 9.17) is 4.74 Å². The van der Waals surface area contributed by atoms with E-state index in [1.54, 1.807) is 29.2 Å². The SMILES string of the molecule is CCCOc1ccc(C(O)=C2C(=O)C(=O)N(CCCN(C)C)[C@H]2c2ccc(C)cc2)cc1. The van der Waals surface area contributed by atoms with E-state index in [1.807, 2.05) is 57.1 Å². The van der Waals surface area contributed by atoms with Crippen molar-refractivity contribution in [2.24, 2.45) is 0 Å². The van der Waals surface area contributed by atoms with Crippen LogP contribution in [0.15, 0.2) is 54.1 Å². The second kappa shape index (κ2) is 10.5. The molecule has 6 heteroatoms. The van der Waals surface area contributed by atoms with Crippen LogP contribution >= 0.6 is 0 Å². The molecule has 1 heterocycles. The summed E-state index contributed by atoms with van der Waals surface area (Å²) in [4.78, 5) is 29.6. The number of hydrogen-bond donors (Lipinski definition) is 1. The lowest BCUT2D eigenvalue weighted by Crippen LogP contribution is -2.32. The summed E-state index contributed by atoms with van der Waals surface area (Å²) >= 11 is 0. The highest BCUT2D eigenvalue weighted by Gasteiger charge is 2.45. The molecular formula is C26H32N2O4. The molecule has 0 aromatic heterocycles. The van der Waals surface area contributed by atoms with Gasteiger partial charge in [0.25, 0.3) is 11.7 Å². The smallest absolute Gasteiger partial charge is 0.295 e. The number of ether oxygens (including phenoxy) is 1. The number of rotatable bonds is 9. The second-order valence-electron chi connectivity index (χ2n) is 8.43. The quantitative estimate of drug-likeness (QED) is 0.363. The number of likely N-dealkylation sites (tertiary alicyclic amines) is 1. The Kier molecular flexibility index (Phi) is 7.70. The van der Waals surface area contributed by atoms with Crippen LogP contribution in [0.1, 0.15) is 42.5 Å². The molecule has 0 bridgehead atoms. The lowest BCUT2D eigenvalue weighted by atomic mass is 9.94. The molecule has 0 unspecified atom stereocenters. The topological polar surface area (TPSA) is 70.1 Å². The Bertz CT molecular complexity index is 978. The van der Waals surface area contributed by atoms with Crippen LogP contribution in [0, 0.1) is 6.92 Å². The van der Waals surface area contributed by atoms with Gasteiger partial charge in [-0.05, 0) is 70.2 Å². The Morgan fingerprint density at radius 1 is 1.06 bits per heavy atom. The number of hydrogen-bond acceptors (Lipinski definition) is 5. The van der Waals surface area contributed by atoms with E-state index in [2.05, 4.69) is 0 Å². The molecule has 1 fully saturated rings. The van der Waals surface area contributed by atoms with Gasteiger partial charge in [0.2, 0.25) is 0 Å². The van der Waals surface area contributed by atoms with Crippen LogP contribution in [0.3, 0.4) is 0 Å². The number of aryl methyl sites for hydroxylation is 1. The second-order valence-corrected chi connectivity index (χ2v) is 8.43. The van der Waals surface area contributed by atoms with Crippen molar-refractivity contribution in [1.82, 2.24) is 9.80 Å². The summed E-state index contributed by atoms with van der Waals surface area (Å²) in [6, 6.07) is 14.1. The fourth-order valence-electron chi connectivity index (χ4n) is 3.85. The molecule has 1 saturated heterocycles. The fraction of sp³-hybridized carbons (Fsp3) is 0.385. The van der Waals surface area contributed by atoms with Crippen molar-refractivity contribution in [3.05, 3.63) is 70.8 Å². The molecule has 0 aliphatic carbocycles. The third-order valence-electron chi connectivity index (χ3n) is 5.54. The molecule has 0 radical (unpaired) electrons. The zero-order chi connectivity index (χ0) is 23.3. The van der Waals surface area contributed by atoms with Crippen molar-refractivity contribution in [3.63, 3.8) is 0 Å². The van der Waals surface area contributed by atoms with Crippen molar-refractivity contribution in [1.29, 1.82) is 0 Å². The van der Waals surface area contributed by atoms with Gasteiger partial charge >= 0.3 is 0 Å². The van der Waals surface area contributed by atoms with Gasteiger partial charge in [-0.3, -0.25) is 9.59 Å². The third-order valence-corrected chi connectivity index (χ3v) is 5.54. The van der Waals surface area contributed by atoms with Crippen LogP contribution in [0.5, 0.6) is 5.75 Å². The number of Topliss-reactive ketones (excluding diaryl/α,β-unsaturated/α-hetero) is 1. The van der Waals surface area contributed by atoms with Crippen LogP contribution < -0.4 is 4.74 Å². The van der Waals surface area contributed by atoms with Gasteiger partial charge in [0.15, 0.2) is 0 Å². The molecule has 2 aromatic carbocycles. The number of benzene rings is 2. The molecule has 1 N–H and O–H groups in total. The van der Waals surface area contributed by atoms with E-state index < -0.39 is 17.7 Å². The highest BCUT2D eigenvalue weighted by atomic mass is 16.5. The molecule has 170 valence electrons. The Labute approximate surface area is 190 Å². The molecule has 0 spiro atoms. The molecule has 1 atom stereocenters. The summed E-state index contributed by atoms with van der Waals surface area (Å²) in [7, 11) is 3.94. The number of ketones is 1. The van der Waals surface area contributed by atoms with Gasteiger partial charge in [-0.1, -0.05) is 36.8 Å². The summed E-state index contributed by atoms with van der Waals surface area (Å²) in [6.45, 7) is 5.85. The Morgan fingerprint density at radius 3 is 2.31 bits per heavy atom. The third kappa shape index (κ3) is 5.19. The van der Waals surface area contributed by atoms with Gasteiger partial charge in [0.1, 0.15) is 11.5 Å².